The Hall–Kier alpha value is -0.770. The van der Waals surface area contributed by atoms with Crippen LogP contribution in [0, 0.1) is 0 Å². The summed E-state index contributed by atoms with van der Waals surface area (Å²) in [7, 11) is 0. The second kappa shape index (κ2) is 4.46. The highest BCUT2D eigenvalue weighted by Crippen LogP contribution is 2.23. The minimum absolute atomic E-state index is 0.0150. The molecule has 0 radical (unpaired) electrons. The van der Waals surface area contributed by atoms with Gasteiger partial charge in [-0.3, -0.25) is 0 Å². The van der Waals surface area contributed by atoms with E-state index in [1.807, 2.05) is 13.0 Å². The van der Waals surface area contributed by atoms with Gasteiger partial charge in [0.2, 0.25) is 0 Å². The molecule has 72 valence electrons. The molecule has 0 spiro atoms. The van der Waals surface area contributed by atoms with Gasteiger partial charge in [0.25, 0.3) is 0 Å². The first-order valence-electron chi connectivity index (χ1n) is 3.82. The molecule has 0 aliphatic rings. The fourth-order valence-corrected chi connectivity index (χ4v) is 1.11. The molecule has 1 atom stereocenters. The molecular weight excluding hydrogens is 194 g/mol. The van der Waals surface area contributed by atoms with Crippen LogP contribution in [0.1, 0.15) is 17.7 Å². The molecule has 0 aliphatic heterocycles. The minimum atomic E-state index is -2.77. The van der Waals surface area contributed by atoms with Gasteiger partial charge in [0.15, 0.2) is 0 Å². The Labute approximate surface area is 81.1 Å². The third kappa shape index (κ3) is 3.22. The number of halogens is 2. The molecule has 0 fully saturated rings. The van der Waals surface area contributed by atoms with Crippen LogP contribution in [0.4, 0.5) is 8.78 Å². The lowest BCUT2D eigenvalue weighted by Gasteiger charge is -2.08. The lowest BCUT2D eigenvalue weighted by atomic mass is 10.1. The minimum Gasteiger partial charge on any atom is -0.435 e. The van der Waals surface area contributed by atoms with Gasteiger partial charge in [-0.1, -0.05) is 12.1 Å². The van der Waals surface area contributed by atoms with Crippen molar-refractivity contribution in [3.63, 3.8) is 0 Å². The Bertz CT molecular complexity index is 276. The molecule has 0 amide bonds. The molecule has 0 saturated heterocycles. The van der Waals surface area contributed by atoms with Crippen molar-refractivity contribution < 1.29 is 13.5 Å². The molecule has 1 aromatic rings. The average Bonchev–Trinajstić information content (AvgIpc) is 2.03. The Morgan fingerprint density at radius 3 is 2.62 bits per heavy atom. The van der Waals surface area contributed by atoms with Gasteiger partial charge in [0.05, 0.1) is 0 Å². The maximum atomic E-state index is 11.8. The highest BCUT2D eigenvalue weighted by Gasteiger charge is 2.05. The second-order valence-corrected chi connectivity index (χ2v) is 3.40. The van der Waals surface area contributed by atoms with Crippen molar-refractivity contribution in [3.05, 3.63) is 29.8 Å². The number of rotatable bonds is 3. The van der Waals surface area contributed by atoms with E-state index in [1.165, 1.54) is 6.07 Å². The highest BCUT2D eigenvalue weighted by atomic mass is 32.1. The molecule has 0 N–H and O–H groups in total. The summed E-state index contributed by atoms with van der Waals surface area (Å²) in [5, 5.41) is 0.0150. The average molecular weight is 204 g/mol. The Kier molecular flexibility index (Phi) is 3.54. The number of hydrogen-bond acceptors (Lipinski definition) is 2. The van der Waals surface area contributed by atoms with Gasteiger partial charge in [-0.05, 0) is 24.6 Å². The van der Waals surface area contributed by atoms with Crippen LogP contribution in [0.3, 0.4) is 0 Å². The summed E-state index contributed by atoms with van der Waals surface area (Å²) in [6.45, 7) is -0.907. The molecule has 1 unspecified atom stereocenters. The zero-order valence-corrected chi connectivity index (χ0v) is 7.97. The van der Waals surface area contributed by atoms with Crippen molar-refractivity contribution >= 4 is 12.6 Å². The van der Waals surface area contributed by atoms with E-state index in [9.17, 15) is 8.78 Å². The van der Waals surface area contributed by atoms with Crippen molar-refractivity contribution in [2.75, 3.05) is 0 Å². The van der Waals surface area contributed by atoms with Gasteiger partial charge in [-0.2, -0.15) is 21.4 Å². The fraction of sp³-hybridized carbons (Fsp3) is 0.333. The lowest BCUT2D eigenvalue weighted by molar-refractivity contribution is -0.0498. The molecule has 13 heavy (non-hydrogen) atoms. The molecule has 0 heterocycles. The van der Waals surface area contributed by atoms with Crippen molar-refractivity contribution in [1.82, 2.24) is 0 Å². The smallest absolute Gasteiger partial charge is 0.387 e. The molecule has 1 aromatic carbocycles. The quantitative estimate of drug-likeness (QED) is 0.743. The van der Waals surface area contributed by atoms with E-state index in [4.69, 9.17) is 0 Å². The summed E-state index contributed by atoms with van der Waals surface area (Å²) in [5.74, 6) is 0.174. The molecule has 0 aliphatic carbocycles. The van der Waals surface area contributed by atoms with Gasteiger partial charge in [-0.15, -0.1) is 0 Å². The summed E-state index contributed by atoms with van der Waals surface area (Å²) in [6, 6.07) is 6.53. The van der Waals surface area contributed by atoms with Crippen LogP contribution in [-0.2, 0) is 0 Å². The summed E-state index contributed by atoms with van der Waals surface area (Å²) in [4.78, 5) is 0. The second-order valence-electron chi connectivity index (χ2n) is 2.63. The van der Waals surface area contributed by atoms with Gasteiger partial charge >= 0.3 is 6.61 Å². The SMILES string of the molecule is CC(S)c1cccc(OC(F)F)c1. The first-order valence-corrected chi connectivity index (χ1v) is 4.34. The normalized spacial score (nSPS) is 13.0. The molecule has 0 aromatic heterocycles. The van der Waals surface area contributed by atoms with Crippen LogP contribution >= 0.6 is 12.6 Å². The third-order valence-electron chi connectivity index (χ3n) is 1.57. The largest absolute Gasteiger partial charge is 0.435 e. The topological polar surface area (TPSA) is 9.23 Å². The van der Waals surface area contributed by atoms with Crippen LogP contribution in [0.2, 0.25) is 0 Å². The predicted octanol–water partition coefficient (Wildman–Crippen LogP) is 3.28. The van der Waals surface area contributed by atoms with Crippen LogP contribution < -0.4 is 4.74 Å². The van der Waals surface area contributed by atoms with E-state index in [0.717, 1.165) is 5.56 Å². The van der Waals surface area contributed by atoms with Crippen LogP contribution in [0.25, 0.3) is 0 Å². The standard InChI is InChI=1S/C9H10F2OS/c1-6(13)7-3-2-4-8(5-7)12-9(10)11/h2-6,9,13H,1H3. The zero-order valence-electron chi connectivity index (χ0n) is 7.08. The van der Waals surface area contributed by atoms with Gasteiger partial charge < -0.3 is 4.74 Å². The Morgan fingerprint density at radius 1 is 1.38 bits per heavy atom. The number of thiol groups is 1. The fourth-order valence-electron chi connectivity index (χ4n) is 0.951. The van der Waals surface area contributed by atoms with Crippen LogP contribution in [-0.4, -0.2) is 6.61 Å². The molecule has 1 nitrogen and oxygen atoms in total. The lowest BCUT2D eigenvalue weighted by Crippen LogP contribution is -2.02. The maximum absolute atomic E-state index is 11.8. The van der Waals surface area contributed by atoms with Crippen molar-refractivity contribution in [2.45, 2.75) is 18.8 Å². The third-order valence-corrected chi connectivity index (χ3v) is 1.86. The van der Waals surface area contributed by atoms with E-state index in [2.05, 4.69) is 17.4 Å². The Balaban J connectivity index is 2.79. The van der Waals surface area contributed by atoms with Gasteiger partial charge in [0, 0.05) is 5.25 Å². The van der Waals surface area contributed by atoms with E-state index >= 15 is 0 Å². The van der Waals surface area contributed by atoms with E-state index in [-0.39, 0.29) is 11.0 Å². The number of benzene rings is 1. The molecule has 1 rings (SSSR count). The molecule has 0 bridgehead atoms. The zero-order chi connectivity index (χ0) is 9.84. The number of ether oxygens (including phenoxy) is 1. The van der Waals surface area contributed by atoms with Crippen LogP contribution in [0.15, 0.2) is 24.3 Å². The van der Waals surface area contributed by atoms with Crippen LogP contribution in [0.5, 0.6) is 5.75 Å². The number of hydrogen-bond donors (Lipinski definition) is 1. The maximum Gasteiger partial charge on any atom is 0.387 e. The Morgan fingerprint density at radius 2 is 2.08 bits per heavy atom. The first kappa shape index (κ1) is 10.3. The molecular formula is C9H10F2OS. The summed E-state index contributed by atoms with van der Waals surface area (Å²) in [5.41, 5.74) is 0.862. The van der Waals surface area contributed by atoms with Crippen molar-refractivity contribution in [1.29, 1.82) is 0 Å². The van der Waals surface area contributed by atoms with E-state index in [0.29, 0.717) is 0 Å². The van der Waals surface area contributed by atoms with Crippen molar-refractivity contribution in [3.8, 4) is 5.75 Å². The molecule has 0 saturated carbocycles. The highest BCUT2D eigenvalue weighted by molar-refractivity contribution is 7.80. The van der Waals surface area contributed by atoms with E-state index in [1.54, 1.807) is 12.1 Å². The predicted molar refractivity (Wildman–Crippen MR) is 50.5 cm³/mol. The monoisotopic (exact) mass is 204 g/mol. The number of alkyl halides is 2. The summed E-state index contributed by atoms with van der Waals surface area (Å²) >= 11 is 4.18. The van der Waals surface area contributed by atoms with Gasteiger partial charge in [-0.25, -0.2) is 0 Å². The molecule has 4 heteroatoms. The summed E-state index contributed by atoms with van der Waals surface area (Å²) in [6.07, 6.45) is 0. The first-order chi connectivity index (χ1) is 6.09. The van der Waals surface area contributed by atoms with Crippen molar-refractivity contribution in [2.24, 2.45) is 0 Å². The summed E-state index contributed by atoms with van der Waals surface area (Å²) < 4.78 is 27.9. The van der Waals surface area contributed by atoms with E-state index < -0.39 is 6.61 Å². The van der Waals surface area contributed by atoms with Gasteiger partial charge in [0.1, 0.15) is 5.75 Å².